The smallest absolute Gasteiger partial charge is 0.339 e. The van der Waals surface area contributed by atoms with Gasteiger partial charge in [-0.05, 0) is 64.9 Å². The fourth-order valence-corrected chi connectivity index (χ4v) is 4.34. The van der Waals surface area contributed by atoms with E-state index in [2.05, 4.69) is 10.6 Å². The third-order valence-electron chi connectivity index (χ3n) is 6.46. The number of fused-ring (bicyclic) bond motifs is 3. The fourth-order valence-electron chi connectivity index (χ4n) is 4.34. The van der Waals surface area contributed by atoms with Gasteiger partial charge in [-0.3, -0.25) is 9.59 Å². The highest BCUT2D eigenvalue weighted by molar-refractivity contribution is 5.93. The quantitative estimate of drug-likeness (QED) is 0.337. The molecular formula is C27H38N2O7. The molecule has 0 spiro atoms. The largest absolute Gasteiger partial charge is 0.487 e. The monoisotopic (exact) mass is 502 g/mol. The average molecular weight is 503 g/mol. The summed E-state index contributed by atoms with van der Waals surface area (Å²) in [4.78, 5) is 37.8. The van der Waals surface area contributed by atoms with Crippen LogP contribution in [-0.4, -0.2) is 48.3 Å². The van der Waals surface area contributed by atoms with E-state index in [1.807, 2.05) is 34.6 Å². The minimum Gasteiger partial charge on any atom is -0.487 e. The van der Waals surface area contributed by atoms with E-state index < -0.39 is 17.6 Å². The van der Waals surface area contributed by atoms with Gasteiger partial charge in [0.2, 0.25) is 5.91 Å². The Morgan fingerprint density at radius 1 is 1.22 bits per heavy atom. The molecule has 1 aliphatic heterocycles. The number of amides is 2. The normalized spacial score (nSPS) is 15.2. The molecule has 9 nitrogen and oxygen atoms in total. The van der Waals surface area contributed by atoms with Gasteiger partial charge in [-0.15, -0.1) is 0 Å². The predicted molar refractivity (Wildman–Crippen MR) is 137 cm³/mol. The van der Waals surface area contributed by atoms with Gasteiger partial charge in [0.25, 0.3) is 5.91 Å². The highest BCUT2D eigenvalue weighted by Crippen LogP contribution is 2.43. The summed E-state index contributed by atoms with van der Waals surface area (Å²) in [5.41, 5.74) is 1.65. The van der Waals surface area contributed by atoms with Crippen LogP contribution in [0.4, 0.5) is 0 Å². The molecule has 0 saturated carbocycles. The maximum atomic E-state index is 12.8. The molecule has 2 aromatic rings. The summed E-state index contributed by atoms with van der Waals surface area (Å²) >= 11 is 0. The third-order valence-corrected chi connectivity index (χ3v) is 6.46. The minimum absolute atomic E-state index is 0.0238. The van der Waals surface area contributed by atoms with Crippen LogP contribution in [0.15, 0.2) is 15.3 Å². The Kier molecular flexibility index (Phi) is 8.66. The molecule has 1 unspecified atom stereocenters. The lowest BCUT2D eigenvalue weighted by Gasteiger charge is -2.33. The molecule has 9 heteroatoms. The number of hydrogen-bond acceptors (Lipinski definition) is 7. The molecule has 0 bridgehead atoms. The molecule has 2 heterocycles. The topological polar surface area (TPSA) is 127 Å². The summed E-state index contributed by atoms with van der Waals surface area (Å²) in [5, 5.41) is 15.1. The van der Waals surface area contributed by atoms with E-state index in [0.29, 0.717) is 53.8 Å². The molecule has 0 fully saturated rings. The second-order valence-electron chi connectivity index (χ2n) is 10.5. The van der Waals surface area contributed by atoms with Gasteiger partial charge in [-0.1, -0.05) is 13.8 Å². The number of aliphatic hydroxyl groups is 1. The number of ether oxygens (including phenoxy) is 2. The molecule has 2 amide bonds. The molecule has 1 aromatic heterocycles. The minimum atomic E-state index is -0.716. The lowest BCUT2D eigenvalue weighted by molar-refractivity contribution is -0.130. The van der Waals surface area contributed by atoms with Crippen molar-refractivity contribution >= 4 is 22.8 Å². The van der Waals surface area contributed by atoms with Crippen LogP contribution < -0.4 is 25.7 Å². The molecule has 0 radical (unpaired) electrons. The Balaban J connectivity index is 1.86. The molecule has 36 heavy (non-hydrogen) atoms. The van der Waals surface area contributed by atoms with Crippen LogP contribution in [0, 0.1) is 19.8 Å². The maximum Gasteiger partial charge on any atom is 0.339 e. The van der Waals surface area contributed by atoms with E-state index in [1.165, 1.54) is 0 Å². The molecule has 1 aromatic carbocycles. The van der Waals surface area contributed by atoms with Crippen LogP contribution in [0.5, 0.6) is 11.5 Å². The Labute approximate surface area is 211 Å². The zero-order valence-electron chi connectivity index (χ0n) is 22.1. The average Bonchev–Trinajstić information content (AvgIpc) is 2.79. The summed E-state index contributed by atoms with van der Waals surface area (Å²) in [7, 11) is 0. The van der Waals surface area contributed by atoms with Crippen molar-refractivity contribution in [2.45, 2.75) is 78.9 Å². The lowest BCUT2D eigenvalue weighted by Crippen LogP contribution is -2.49. The summed E-state index contributed by atoms with van der Waals surface area (Å²) in [6.45, 7) is 11.4. The predicted octanol–water partition coefficient (Wildman–Crippen LogP) is 2.92. The van der Waals surface area contributed by atoms with Crippen molar-refractivity contribution < 1.29 is 28.6 Å². The number of aliphatic hydroxyl groups excluding tert-OH is 1. The second kappa shape index (κ2) is 11.3. The van der Waals surface area contributed by atoms with Crippen molar-refractivity contribution in [3.05, 3.63) is 33.2 Å². The first-order valence-electron chi connectivity index (χ1n) is 12.5. The summed E-state index contributed by atoms with van der Waals surface area (Å²) < 4.78 is 17.8. The van der Waals surface area contributed by atoms with Gasteiger partial charge in [0, 0.05) is 30.3 Å². The maximum absolute atomic E-state index is 12.8. The van der Waals surface area contributed by atoms with E-state index in [9.17, 15) is 14.4 Å². The van der Waals surface area contributed by atoms with Crippen molar-refractivity contribution in [3.8, 4) is 11.5 Å². The first-order chi connectivity index (χ1) is 16.9. The van der Waals surface area contributed by atoms with Crippen LogP contribution in [0.25, 0.3) is 11.0 Å². The van der Waals surface area contributed by atoms with E-state index in [-0.39, 0.29) is 30.6 Å². The molecule has 0 saturated heterocycles. The third kappa shape index (κ3) is 6.37. The molecule has 198 valence electrons. The van der Waals surface area contributed by atoms with E-state index in [1.54, 1.807) is 13.0 Å². The molecule has 3 rings (SSSR count). The number of rotatable bonds is 10. The van der Waals surface area contributed by atoms with Crippen LogP contribution >= 0.6 is 0 Å². The SMILES string of the molecule is Cc1c(C)c2c(OCC(=O)NC(CC(C)C)C(=O)NCCCO)cc3c(c2oc1=O)CCC(C)(C)O3. The van der Waals surface area contributed by atoms with Gasteiger partial charge in [0.1, 0.15) is 28.7 Å². The van der Waals surface area contributed by atoms with Gasteiger partial charge in [0.05, 0.1) is 5.39 Å². The zero-order valence-corrected chi connectivity index (χ0v) is 22.1. The van der Waals surface area contributed by atoms with E-state index in [4.69, 9.17) is 19.0 Å². The number of hydrogen-bond donors (Lipinski definition) is 3. The van der Waals surface area contributed by atoms with Gasteiger partial charge in [0.15, 0.2) is 6.61 Å². The standard InChI is InChI=1S/C27H38N2O7/c1-15(2)12-19(25(32)28-10-7-11-30)29-22(31)14-34-21-13-20-18(8-9-27(5,6)36-20)24-23(21)16(3)17(4)26(33)35-24/h13,15,19,30H,7-12,14H2,1-6H3,(H,28,32)(H,29,31). The first kappa shape index (κ1) is 27.5. The number of carbonyl (C=O) groups is 2. The molecular weight excluding hydrogens is 464 g/mol. The Morgan fingerprint density at radius 2 is 1.94 bits per heavy atom. The van der Waals surface area contributed by atoms with Crippen molar-refractivity contribution in [2.75, 3.05) is 19.8 Å². The number of carbonyl (C=O) groups excluding carboxylic acids is 2. The van der Waals surface area contributed by atoms with Gasteiger partial charge >= 0.3 is 5.63 Å². The zero-order chi connectivity index (χ0) is 26.6. The molecule has 1 aliphatic rings. The second-order valence-corrected chi connectivity index (χ2v) is 10.5. The van der Waals surface area contributed by atoms with E-state index in [0.717, 1.165) is 17.5 Å². The number of nitrogens with one attached hydrogen (secondary N) is 2. The van der Waals surface area contributed by atoms with E-state index >= 15 is 0 Å². The van der Waals surface area contributed by atoms with Crippen LogP contribution in [0.3, 0.4) is 0 Å². The fraction of sp³-hybridized carbons (Fsp3) is 0.593. The summed E-state index contributed by atoms with van der Waals surface area (Å²) in [6, 6.07) is 1.04. The highest BCUT2D eigenvalue weighted by Gasteiger charge is 2.31. The summed E-state index contributed by atoms with van der Waals surface area (Å²) in [5.74, 6) is 0.388. The van der Waals surface area contributed by atoms with Crippen LogP contribution in [0.1, 0.15) is 63.6 Å². The Bertz CT molecular complexity index is 1180. The lowest BCUT2D eigenvalue weighted by atomic mass is 9.92. The molecule has 0 aliphatic carbocycles. The summed E-state index contributed by atoms with van der Waals surface area (Å²) in [6.07, 6.45) is 2.36. The number of aryl methyl sites for hydroxylation is 2. The van der Waals surface area contributed by atoms with Crippen LogP contribution in [-0.2, 0) is 16.0 Å². The molecule has 1 atom stereocenters. The van der Waals surface area contributed by atoms with Gasteiger partial charge in [-0.25, -0.2) is 4.79 Å². The first-order valence-corrected chi connectivity index (χ1v) is 12.5. The van der Waals surface area contributed by atoms with Crippen molar-refractivity contribution in [2.24, 2.45) is 5.92 Å². The van der Waals surface area contributed by atoms with Crippen LogP contribution in [0.2, 0.25) is 0 Å². The molecule has 3 N–H and O–H groups in total. The van der Waals surface area contributed by atoms with Crippen molar-refractivity contribution in [3.63, 3.8) is 0 Å². The Hall–Kier alpha value is -3.07. The highest BCUT2D eigenvalue weighted by atomic mass is 16.5. The Morgan fingerprint density at radius 3 is 2.61 bits per heavy atom. The van der Waals surface area contributed by atoms with Crippen molar-refractivity contribution in [1.29, 1.82) is 0 Å². The van der Waals surface area contributed by atoms with Gasteiger partial charge in [-0.2, -0.15) is 0 Å². The van der Waals surface area contributed by atoms with Crippen molar-refractivity contribution in [1.82, 2.24) is 10.6 Å². The van der Waals surface area contributed by atoms with Gasteiger partial charge < -0.3 is 29.6 Å². The number of benzene rings is 1.